The van der Waals surface area contributed by atoms with Gasteiger partial charge in [-0.05, 0) is 42.6 Å². The van der Waals surface area contributed by atoms with Crippen molar-refractivity contribution in [3.63, 3.8) is 0 Å². The summed E-state index contributed by atoms with van der Waals surface area (Å²) >= 11 is 1.51. The first-order valence-electron chi connectivity index (χ1n) is 21.3. The van der Waals surface area contributed by atoms with E-state index in [9.17, 15) is 19.2 Å². The Morgan fingerprint density at radius 1 is 0.948 bits per heavy atom. The van der Waals surface area contributed by atoms with Crippen LogP contribution in [-0.2, 0) is 35.1 Å². The predicted molar refractivity (Wildman–Crippen MR) is 229 cm³/mol. The van der Waals surface area contributed by atoms with Crippen molar-refractivity contribution in [2.75, 3.05) is 54.0 Å². The first-order chi connectivity index (χ1) is 27.7. The van der Waals surface area contributed by atoms with Gasteiger partial charge in [-0.1, -0.05) is 85.2 Å². The Kier molecular flexibility index (Phi) is 18.6. The van der Waals surface area contributed by atoms with E-state index in [0.29, 0.717) is 19.4 Å². The highest BCUT2D eigenvalue weighted by Gasteiger charge is 2.43. The van der Waals surface area contributed by atoms with Gasteiger partial charge in [0.05, 0.1) is 48.7 Å². The first-order valence-corrected chi connectivity index (χ1v) is 22.2. The second-order valence-electron chi connectivity index (χ2n) is 16.9. The van der Waals surface area contributed by atoms with Gasteiger partial charge < -0.3 is 35.2 Å². The Bertz CT molecular complexity index is 1570. The summed E-state index contributed by atoms with van der Waals surface area (Å²) in [6, 6.07) is 7.89. The fourth-order valence-corrected chi connectivity index (χ4v) is 9.58. The highest BCUT2D eigenvalue weighted by atomic mass is 32.1. The molecule has 3 heterocycles. The lowest BCUT2D eigenvalue weighted by atomic mass is 9.89. The zero-order valence-electron chi connectivity index (χ0n) is 36.6. The van der Waals surface area contributed by atoms with E-state index < -0.39 is 30.2 Å². The van der Waals surface area contributed by atoms with Crippen LogP contribution in [0.1, 0.15) is 90.8 Å². The number of amides is 4. The quantitative estimate of drug-likeness (QED) is 0.165. The smallest absolute Gasteiger partial charge is 0.245 e. The van der Waals surface area contributed by atoms with E-state index in [4.69, 9.17) is 9.47 Å². The molecule has 4 rings (SSSR count). The molecule has 13 nitrogen and oxygen atoms in total. The normalized spacial score (nSPS) is 20.5. The van der Waals surface area contributed by atoms with Crippen LogP contribution in [-0.4, -0.2) is 134 Å². The second kappa shape index (κ2) is 22.8. The Labute approximate surface area is 351 Å². The van der Waals surface area contributed by atoms with Gasteiger partial charge in [-0.2, -0.15) is 0 Å². The molecule has 58 heavy (non-hydrogen) atoms. The molecule has 2 aliphatic heterocycles. The SMILES string of the molecule is CC[C@H](C)[C@@H](C(CC(=O)N1CCC[C@H]1[C@H](OC)[C@@H](C)C(=O)N[C@@H](Cc1ccccc1)c1nccs1)OC)N(C)C(=O)[C@@H](NC(=O)[C@H](C(C)C)N1CCNCC1)C(C)C. The molecular weight excluding hydrogens is 755 g/mol. The number of hydrogen-bond donors (Lipinski definition) is 3. The van der Waals surface area contributed by atoms with Crippen molar-refractivity contribution in [3.05, 3.63) is 52.5 Å². The predicted octanol–water partition coefficient (Wildman–Crippen LogP) is 4.53. The molecule has 0 aliphatic carbocycles. The molecule has 0 radical (unpaired) electrons. The van der Waals surface area contributed by atoms with E-state index in [-0.39, 0.29) is 65.9 Å². The van der Waals surface area contributed by atoms with E-state index in [1.54, 1.807) is 32.4 Å². The summed E-state index contributed by atoms with van der Waals surface area (Å²) in [5, 5.41) is 12.5. The van der Waals surface area contributed by atoms with Crippen molar-refractivity contribution >= 4 is 35.0 Å². The average Bonchev–Trinajstić information content (AvgIpc) is 3.94. The van der Waals surface area contributed by atoms with E-state index in [0.717, 1.165) is 49.6 Å². The van der Waals surface area contributed by atoms with Crippen LogP contribution < -0.4 is 16.0 Å². The molecule has 324 valence electrons. The molecule has 2 saturated heterocycles. The lowest BCUT2D eigenvalue weighted by molar-refractivity contribution is -0.148. The van der Waals surface area contributed by atoms with Gasteiger partial charge in [-0.15, -0.1) is 11.3 Å². The Morgan fingerprint density at radius 3 is 2.21 bits per heavy atom. The highest BCUT2D eigenvalue weighted by Crippen LogP contribution is 2.30. The summed E-state index contributed by atoms with van der Waals surface area (Å²) in [5.74, 6) is -1.26. The van der Waals surface area contributed by atoms with E-state index in [2.05, 4.69) is 39.7 Å². The maximum Gasteiger partial charge on any atom is 0.245 e. The van der Waals surface area contributed by atoms with Crippen molar-refractivity contribution in [2.45, 2.75) is 123 Å². The monoisotopic (exact) mass is 826 g/mol. The van der Waals surface area contributed by atoms with Gasteiger partial charge in [-0.3, -0.25) is 24.1 Å². The van der Waals surface area contributed by atoms with Gasteiger partial charge in [0.1, 0.15) is 11.0 Å². The van der Waals surface area contributed by atoms with Gasteiger partial charge in [0.15, 0.2) is 0 Å². The standard InChI is InChI=1S/C44H71N7O6S/c1-11-30(6)39(49(8)44(55)37(28(2)3)48-42(54)38(29(4)5)50-23-19-45-20-24-50)35(56-9)27-36(52)51-22-15-18-34(51)40(57-10)31(7)41(53)47-33(43-46-21-25-58-43)26-32-16-13-12-14-17-32/h12-14,16-17,21,25,28-31,33-35,37-40,45H,11,15,18-20,22-24,26-27H2,1-10H3,(H,47,53)(H,48,54)/t30-,31+,33-,34-,35?,37-,38-,39-,40+/m0/s1. The zero-order valence-corrected chi connectivity index (χ0v) is 37.4. The Hall–Kier alpha value is -3.43. The third kappa shape index (κ3) is 12.1. The molecule has 2 fully saturated rings. The number of carbonyl (C=O) groups is 4. The Morgan fingerprint density at radius 2 is 1.64 bits per heavy atom. The van der Waals surface area contributed by atoms with Gasteiger partial charge in [0.25, 0.3) is 0 Å². The summed E-state index contributed by atoms with van der Waals surface area (Å²) in [6.07, 6.45) is 3.50. The molecular formula is C44H71N7O6S. The number of piperazine rings is 1. The number of benzene rings is 1. The fourth-order valence-electron chi connectivity index (χ4n) is 8.89. The molecule has 4 amide bonds. The summed E-state index contributed by atoms with van der Waals surface area (Å²) in [4.78, 5) is 66.9. The van der Waals surface area contributed by atoms with E-state index in [1.807, 2.05) is 75.2 Å². The zero-order chi connectivity index (χ0) is 42.5. The van der Waals surface area contributed by atoms with Gasteiger partial charge in [0.2, 0.25) is 23.6 Å². The van der Waals surface area contributed by atoms with Crippen LogP contribution in [0.25, 0.3) is 0 Å². The van der Waals surface area contributed by atoms with Crippen LogP contribution in [0.4, 0.5) is 0 Å². The third-order valence-electron chi connectivity index (χ3n) is 12.3. The topological polar surface area (TPSA) is 145 Å². The number of aromatic nitrogens is 1. The molecule has 9 atom stereocenters. The second-order valence-corrected chi connectivity index (χ2v) is 17.8. The highest BCUT2D eigenvalue weighted by molar-refractivity contribution is 7.09. The van der Waals surface area contributed by atoms with Crippen LogP contribution in [0.3, 0.4) is 0 Å². The number of ether oxygens (including phenoxy) is 2. The minimum Gasteiger partial charge on any atom is -0.379 e. The maximum absolute atomic E-state index is 14.5. The molecule has 0 saturated carbocycles. The molecule has 2 aliphatic rings. The van der Waals surface area contributed by atoms with Crippen molar-refractivity contribution < 1.29 is 28.7 Å². The number of rotatable bonds is 21. The molecule has 2 aromatic rings. The number of nitrogens with one attached hydrogen (secondary N) is 3. The summed E-state index contributed by atoms with van der Waals surface area (Å²) in [6.45, 7) is 17.7. The number of thiazole rings is 1. The van der Waals surface area contributed by atoms with Crippen molar-refractivity contribution in [3.8, 4) is 0 Å². The van der Waals surface area contributed by atoms with Crippen molar-refractivity contribution in [1.82, 2.24) is 35.6 Å². The number of methoxy groups -OCH3 is 2. The molecule has 1 unspecified atom stereocenters. The van der Waals surface area contributed by atoms with Gasteiger partial charge >= 0.3 is 0 Å². The van der Waals surface area contributed by atoms with Crippen molar-refractivity contribution in [2.24, 2.45) is 23.7 Å². The summed E-state index contributed by atoms with van der Waals surface area (Å²) < 4.78 is 12.2. The summed E-state index contributed by atoms with van der Waals surface area (Å²) in [5.41, 5.74) is 1.09. The van der Waals surface area contributed by atoms with Crippen LogP contribution in [0.2, 0.25) is 0 Å². The van der Waals surface area contributed by atoms with Crippen molar-refractivity contribution in [1.29, 1.82) is 0 Å². The largest absolute Gasteiger partial charge is 0.379 e. The Balaban J connectivity index is 1.48. The number of likely N-dealkylation sites (tertiary alicyclic amines) is 1. The summed E-state index contributed by atoms with van der Waals surface area (Å²) in [7, 11) is 4.96. The number of hydrogen-bond acceptors (Lipinski definition) is 10. The van der Waals surface area contributed by atoms with Crippen LogP contribution in [0.15, 0.2) is 41.9 Å². The maximum atomic E-state index is 14.5. The molecule has 14 heteroatoms. The fraction of sp³-hybridized carbons (Fsp3) is 0.705. The molecule has 3 N–H and O–H groups in total. The minimum absolute atomic E-state index is 0.00837. The van der Waals surface area contributed by atoms with Crippen LogP contribution in [0, 0.1) is 23.7 Å². The molecule has 1 aromatic carbocycles. The van der Waals surface area contributed by atoms with Gasteiger partial charge in [-0.25, -0.2) is 4.98 Å². The number of carbonyl (C=O) groups excluding carboxylic acids is 4. The third-order valence-corrected chi connectivity index (χ3v) is 13.2. The molecule has 0 spiro atoms. The molecule has 1 aromatic heterocycles. The molecule has 0 bridgehead atoms. The number of nitrogens with zero attached hydrogens (tertiary/aromatic N) is 4. The van der Waals surface area contributed by atoms with E-state index in [1.165, 1.54) is 11.3 Å². The minimum atomic E-state index is -0.748. The lowest BCUT2D eigenvalue weighted by Crippen LogP contribution is -2.61. The van der Waals surface area contributed by atoms with Crippen LogP contribution >= 0.6 is 11.3 Å². The average molecular weight is 826 g/mol. The first kappa shape index (κ1) is 47.3. The lowest BCUT2D eigenvalue weighted by Gasteiger charge is -2.41. The van der Waals surface area contributed by atoms with Crippen LogP contribution in [0.5, 0.6) is 0 Å². The van der Waals surface area contributed by atoms with E-state index >= 15 is 0 Å². The number of likely N-dealkylation sites (N-methyl/N-ethyl adjacent to an activating group) is 1. The van der Waals surface area contributed by atoms with Gasteiger partial charge in [0, 0.05) is 65.6 Å².